The lowest BCUT2D eigenvalue weighted by atomic mass is 9.88. The van der Waals surface area contributed by atoms with Crippen LogP contribution in [0.5, 0.6) is 0 Å². The van der Waals surface area contributed by atoms with Gasteiger partial charge < -0.3 is 10.6 Å². The quantitative estimate of drug-likeness (QED) is 0.749. The molecule has 0 radical (unpaired) electrons. The average molecular weight is 198 g/mol. The second kappa shape index (κ2) is 5.72. The molecule has 1 aliphatic rings. The summed E-state index contributed by atoms with van der Waals surface area (Å²) in [6.45, 7) is 10.7. The van der Waals surface area contributed by atoms with Gasteiger partial charge in [0.1, 0.15) is 0 Å². The smallest absolute Gasteiger partial charge is 0.00483 e. The van der Waals surface area contributed by atoms with Crippen LogP contribution in [-0.2, 0) is 0 Å². The van der Waals surface area contributed by atoms with E-state index in [-0.39, 0.29) is 0 Å². The number of nitrogens with zero attached hydrogens (tertiary/aromatic N) is 1. The maximum absolute atomic E-state index is 5.93. The van der Waals surface area contributed by atoms with Crippen molar-refractivity contribution in [3.8, 4) is 0 Å². The van der Waals surface area contributed by atoms with E-state index in [2.05, 4.69) is 25.7 Å². The standard InChI is InChI=1S/C12H26N2/c1-4-12(13)6-8-14-7-5-10(2)11(3)9-14/h10-12H,4-9,13H2,1-3H3. The van der Waals surface area contributed by atoms with Gasteiger partial charge >= 0.3 is 0 Å². The molecule has 0 saturated carbocycles. The number of piperidine rings is 1. The summed E-state index contributed by atoms with van der Waals surface area (Å²) >= 11 is 0. The summed E-state index contributed by atoms with van der Waals surface area (Å²) in [7, 11) is 0. The molecule has 0 aromatic rings. The van der Waals surface area contributed by atoms with Crippen molar-refractivity contribution in [3.05, 3.63) is 0 Å². The first kappa shape index (κ1) is 12.0. The fraction of sp³-hybridized carbons (Fsp3) is 1.00. The van der Waals surface area contributed by atoms with Crippen molar-refractivity contribution >= 4 is 0 Å². The fourth-order valence-electron chi connectivity index (χ4n) is 2.10. The molecule has 1 saturated heterocycles. The van der Waals surface area contributed by atoms with Gasteiger partial charge in [0.05, 0.1) is 0 Å². The molecule has 1 aliphatic heterocycles. The zero-order chi connectivity index (χ0) is 10.6. The molecule has 0 amide bonds. The van der Waals surface area contributed by atoms with Gasteiger partial charge in [0.2, 0.25) is 0 Å². The zero-order valence-corrected chi connectivity index (χ0v) is 10.00. The minimum Gasteiger partial charge on any atom is -0.328 e. The van der Waals surface area contributed by atoms with Crippen molar-refractivity contribution in [3.63, 3.8) is 0 Å². The van der Waals surface area contributed by atoms with Crippen LogP contribution in [0.1, 0.15) is 40.0 Å². The molecule has 0 aromatic carbocycles. The van der Waals surface area contributed by atoms with E-state index in [4.69, 9.17) is 5.73 Å². The van der Waals surface area contributed by atoms with Crippen molar-refractivity contribution in [2.24, 2.45) is 17.6 Å². The summed E-state index contributed by atoms with van der Waals surface area (Å²) in [5, 5.41) is 0. The Kier molecular flexibility index (Phi) is 4.90. The van der Waals surface area contributed by atoms with Gasteiger partial charge in [-0.05, 0) is 44.2 Å². The summed E-state index contributed by atoms with van der Waals surface area (Å²) in [5.41, 5.74) is 5.93. The number of hydrogen-bond donors (Lipinski definition) is 1. The van der Waals surface area contributed by atoms with Crippen LogP contribution in [0.2, 0.25) is 0 Å². The summed E-state index contributed by atoms with van der Waals surface area (Å²) < 4.78 is 0. The third-order valence-corrected chi connectivity index (χ3v) is 3.76. The van der Waals surface area contributed by atoms with E-state index in [9.17, 15) is 0 Å². The van der Waals surface area contributed by atoms with Gasteiger partial charge in [-0.25, -0.2) is 0 Å². The molecule has 0 aromatic heterocycles. The number of hydrogen-bond acceptors (Lipinski definition) is 2. The molecule has 84 valence electrons. The highest BCUT2D eigenvalue weighted by Crippen LogP contribution is 2.22. The molecule has 2 heteroatoms. The summed E-state index contributed by atoms with van der Waals surface area (Å²) in [6, 6.07) is 0.407. The molecule has 2 nitrogen and oxygen atoms in total. The Hall–Kier alpha value is -0.0800. The molecule has 0 spiro atoms. The first-order valence-corrected chi connectivity index (χ1v) is 6.11. The van der Waals surface area contributed by atoms with Crippen molar-refractivity contribution in [1.29, 1.82) is 0 Å². The predicted octanol–water partition coefficient (Wildman–Crippen LogP) is 2.09. The maximum Gasteiger partial charge on any atom is 0.00483 e. The topological polar surface area (TPSA) is 29.3 Å². The predicted molar refractivity (Wildman–Crippen MR) is 62.3 cm³/mol. The molecule has 3 unspecified atom stereocenters. The highest BCUT2D eigenvalue weighted by molar-refractivity contribution is 4.76. The second-order valence-electron chi connectivity index (χ2n) is 5.00. The normalized spacial score (nSPS) is 31.7. The van der Waals surface area contributed by atoms with E-state index < -0.39 is 0 Å². The third-order valence-electron chi connectivity index (χ3n) is 3.76. The van der Waals surface area contributed by atoms with Crippen LogP contribution in [0.3, 0.4) is 0 Å². The van der Waals surface area contributed by atoms with Crippen molar-refractivity contribution in [2.75, 3.05) is 19.6 Å². The van der Waals surface area contributed by atoms with Gasteiger partial charge in [-0.3, -0.25) is 0 Å². The van der Waals surface area contributed by atoms with Gasteiger partial charge in [0, 0.05) is 12.6 Å². The van der Waals surface area contributed by atoms with Gasteiger partial charge in [-0.15, -0.1) is 0 Å². The molecule has 1 heterocycles. The van der Waals surface area contributed by atoms with Crippen LogP contribution in [0.25, 0.3) is 0 Å². The molecule has 0 aliphatic carbocycles. The van der Waals surface area contributed by atoms with Gasteiger partial charge in [-0.1, -0.05) is 20.8 Å². The monoisotopic (exact) mass is 198 g/mol. The molecule has 14 heavy (non-hydrogen) atoms. The molecular formula is C12H26N2. The van der Waals surface area contributed by atoms with Crippen LogP contribution in [-0.4, -0.2) is 30.6 Å². The first-order chi connectivity index (χ1) is 6.63. The van der Waals surface area contributed by atoms with Crippen LogP contribution >= 0.6 is 0 Å². The van der Waals surface area contributed by atoms with Gasteiger partial charge in [0.25, 0.3) is 0 Å². The third kappa shape index (κ3) is 3.58. The van der Waals surface area contributed by atoms with Crippen LogP contribution in [0.4, 0.5) is 0 Å². The summed E-state index contributed by atoms with van der Waals surface area (Å²) in [4.78, 5) is 2.58. The lowest BCUT2D eigenvalue weighted by molar-refractivity contribution is 0.135. The van der Waals surface area contributed by atoms with Crippen LogP contribution in [0.15, 0.2) is 0 Å². The molecule has 3 atom stereocenters. The largest absolute Gasteiger partial charge is 0.328 e. The molecule has 1 rings (SSSR count). The minimum absolute atomic E-state index is 0.407. The van der Waals surface area contributed by atoms with Gasteiger partial charge in [0.15, 0.2) is 0 Å². The fourth-order valence-corrected chi connectivity index (χ4v) is 2.10. The molecular weight excluding hydrogens is 172 g/mol. The Morgan fingerprint density at radius 1 is 1.36 bits per heavy atom. The van der Waals surface area contributed by atoms with E-state index >= 15 is 0 Å². The Morgan fingerprint density at radius 3 is 2.64 bits per heavy atom. The zero-order valence-electron chi connectivity index (χ0n) is 10.00. The van der Waals surface area contributed by atoms with E-state index in [1.165, 1.54) is 26.1 Å². The minimum atomic E-state index is 0.407. The summed E-state index contributed by atoms with van der Waals surface area (Å²) in [6.07, 6.45) is 3.64. The van der Waals surface area contributed by atoms with Crippen molar-refractivity contribution in [2.45, 2.75) is 46.1 Å². The Labute approximate surface area is 88.8 Å². The Balaban J connectivity index is 2.20. The molecule has 0 bridgehead atoms. The molecule has 1 fully saturated rings. The lowest BCUT2D eigenvalue weighted by Gasteiger charge is -2.35. The lowest BCUT2D eigenvalue weighted by Crippen LogP contribution is -2.40. The van der Waals surface area contributed by atoms with E-state index in [0.29, 0.717) is 6.04 Å². The maximum atomic E-state index is 5.93. The highest BCUT2D eigenvalue weighted by Gasteiger charge is 2.22. The van der Waals surface area contributed by atoms with Crippen LogP contribution in [0, 0.1) is 11.8 Å². The highest BCUT2D eigenvalue weighted by atomic mass is 15.1. The van der Waals surface area contributed by atoms with E-state index in [0.717, 1.165) is 24.7 Å². The summed E-state index contributed by atoms with van der Waals surface area (Å²) in [5.74, 6) is 1.77. The molecule has 2 N–H and O–H groups in total. The first-order valence-electron chi connectivity index (χ1n) is 6.11. The average Bonchev–Trinajstić information content (AvgIpc) is 2.19. The second-order valence-corrected chi connectivity index (χ2v) is 5.00. The van der Waals surface area contributed by atoms with Crippen molar-refractivity contribution < 1.29 is 0 Å². The number of likely N-dealkylation sites (tertiary alicyclic amines) is 1. The SMILES string of the molecule is CCC(N)CCN1CCC(C)C(C)C1. The van der Waals surface area contributed by atoms with E-state index in [1.54, 1.807) is 0 Å². The van der Waals surface area contributed by atoms with Gasteiger partial charge in [-0.2, -0.15) is 0 Å². The van der Waals surface area contributed by atoms with E-state index in [1.807, 2.05) is 0 Å². The Bertz CT molecular complexity index is 158. The number of rotatable bonds is 4. The van der Waals surface area contributed by atoms with Crippen molar-refractivity contribution in [1.82, 2.24) is 4.90 Å². The number of nitrogens with two attached hydrogens (primary N) is 1. The van der Waals surface area contributed by atoms with Crippen LogP contribution < -0.4 is 5.73 Å². The Morgan fingerprint density at radius 2 is 2.07 bits per heavy atom.